The molecule has 2 spiro atoms. The second-order valence-electron chi connectivity index (χ2n) is 12.3. The number of rotatable bonds is 2. The van der Waals surface area contributed by atoms with E-state index >= 15 is 0 Å². The van der Waals surface area contributed by atoms with Crippen LogP contribution in [0.4, 0.5) is 0 Å². The summed E-state index contributed by atoms with van der Waals surface area (Å²) in [4.78, 5) is 13.8. The quantitative estimate of drug-likeness (QED) is 0.494. The second-order valence-corrected chi connectivity index (χ2v) is 12.3. The standard InChI is InChI=1S/C25H36O7/c1-11(2)13-8-9-14-23-10-29-25(24(14,12(3)26)19(13)31-22(6,7)32-25)18(28)16(23)21(4,5)20-15(30-20)17(23)27/h13-20,27-28H,1,8-10H2,2-7H3/t13-,14-,15?,16+,17?,18-,19+,20?,23-,24+,25?/m0/s1. The number of hydrogen-bond donors (Lipinski definition) is 2. The molecule has 32 heavy (non-hydrogen) atoms. The summed E-state index contributed by atoms with van der Waals surface area (Å²) in [5.41, 5.74) is -1.52. The fraction of sp³-hybridized carbons (Fsp3) is 0.880. The van der Waals surface area contributed by atoms with Crippen molar-refractivity contribution in [3.05, 3.63) is 12.2 Å². The predicted molar refractivity (Wildman–Crippen MR) is 113 cm³/mol. The van der Waals surface area contributed by atoms with E-state index in [-0.39, 0.29) is 42.4 Å². The van der Waals surface area contributed by atoms with Crippen LogP contribution in [0.5, 0.6) is 0 Å². The van der Waals surface area contributed by atoms with Crippen molar-refractivity contribution in [3.63, 3.8) is 0 Å². The summed E-state index contributed by atoms with van der Waals surface area (Å²) in [6, 6.07) is 0. The highest BCUT2D eigenvalue weighted by molar-refractivity contribution is 5.86. The van der Waals surface area contributed by atoms with E-state index in [9.17, 15) is 15.0 Å². The molecule has 3 saturated carbocycles. The van der Waals surface area contributed by atoms with Crippen molar-refractivity contribution < 1.29 is 34.0 Å². The highest BCUT2D eigenvalue weighted by atomic mass is 16.8. The Balaban J connectivity index is 1.66. The Hall–Kier alpha value is -0.830. The molecule has 4 unspecified atom stereocenters. The monoisotopic (exact) mass is 448 g/mol. The first-order valence-electron chi connectivity index (χ1n) is 12.0. The Bertz CT molecular complexity index is 912. The molecule has 2 N–H and O–H groups in total. The van der Waals surface area contributed by atoms with Crippen LogP contribution < -0.4 is 0 Å². The number of hydrogen-bond acceptors (Lipinski definition) is 7. The lowest BCUT2D eigenvalue weighted by Crippen LogP contribution is -2.90. The second kappa shape index (κ2) is 5.86. The maximum absolute atomic E-state index is 13.8. The summed E-state index contributed by atoms with van der Waals surface area (Å²) < 4.78 is 25.6. The number of aliphatic hydroxyl groups excluding tert-OH is 2. The van der Waals surface area contributed by atoms with Gasteiger partial charge in [-0.3, -0.25) is 4.79 Å². The fourth-order valence-electron chi connectivity index (χ4n) is 9.24. The average molecular weight is 449 g/mol. The largest absolute Gasteiger partial charge is 0.390 e. The van der Waals surface area contributed by atoms with Gasteiger partial charge in [-0.15, -0.1) is 0 Å². The molecular weight excluding hydrogens is 412 g/mol. The van der Waals surface area contributed by atoms with Crippen LogP contribution in [-0.4, -0.2) is 64.7 Å². The van der Waals surface area contributed by atoms with E-state index < -0.39 is 46.1 Å². The van der Waals surface area contributed by atoms with Crippen LogP contribution in [0.3, 0.4) is 0 Å². The lowest BCUT2D eigenvalue weighted by molar-refractivity contribution is -0.537. The third-order valence-corrected chi connectivity index (χ3v) is 10.1. The topological polar surface area (TPSA) is 97.8 Å². The maximum atomic E-state index is 13.8. The van der Waals surface area contributed by atoms with E-state index in [1.807, 2.05) is 20.8 Å². The number of carbonyl (C=O) groups excluding carboxylic acids is 1. The van der Waals surface area contributed by atoms with Gasteiger partial charge in [0.05, 0.1) is 24.9 Å². The van der Waals surface area contributed by atoms with E-state index in [0.717, 1.165) is 12.0 Å². The number of ketones is 1. The van der Waals surface area contributed by atoms with Crippen molar-refractivity contribution in [2.24, 2.45) is 34.0 Å². The van der Waals surface area contributed by atoms with E-state index in [1.165, 1.54) is 0 Å². The van der Waals surface area contributed by atoms with E-state index in [4.69, 9.17) is 18.9 Å². The predicted octanol–water partition coefficient (Wildman–Crippen LogP) is 2.19. The van der Waals surface area contributed by atoms with Crippen LogP contribution in [-0.2, 0) is 23.7 Å². The molecule has 0 aromatic rings. The Kier molecular flexibility index (Phi) is 3.97. The highest BCUT2D eigenvalue weighted by Gasteiger charge is 2.90. The minimum Gasteiger partial charge on any atom is -0.390 e. The summed E-state index contributed by atoms with van der Waals surface area (Å²) >= 11 is 0. The van der Waals surface area contributed by atoms with Gasteiger partial charge < -0.3 is 29.2 Å². The molecule has 11 atom stereocenters. The van der Waals surface area contributed by atoms with Crippen LogP contribution in [0.2, 0.25) is 0 Å². The van der Waals surface area contributed by atoms with Gasteiger partial charge in [-0.25, -0.2) is 0 Å². The smallest absolute Gasteiger partial charge is 0.213 e. The van der Waals surface area contributed by atoms with Crippen molar-refractivity contribution in [1.82, 2.24) is 0 Å². The zero-order chi connectivity index (χ0) is 23.2. The van der Waals surface area contributed by atoms with Crippen LogP contribution in [0.25, 0.3) is 0 Å². The first-order valence-corrected chi connectivity index (χ1v) is 12.0. The van der Waals surface area contributed by atoms with Gasteiger partial charge in [0.25, 0.3) is 0 Å². The molecule has 2 bridgehead atoms. The van der Waals surface area contributed by atoms with E-state index in [2.05, 4.69) is 20.4 Å². The first kappa shape index (κ1) is 21.7. The van der Waals surface area contributed by atoms with Gasteiger partial charge in [0, 0.05) is 17.3 Å². The van der Waals surface area contributed by atoms with Gasteiger partial charge in [0.2, 0.25) is 5.79 Å². The molecule has 178 valence electrons. The minimum absolute atomic E-state index is 0.0705. The molecule has 7 heteroatoms. The molecular formula is C25H36O7. The zero-order valence-electron chi connectivity index (χ0n) is 19.9. The minimum atomic E-state index is -1.55. The molecule has 4 saturated heterocycles. The molecule has 0 aromatic carbocycles. The van der Waals surface area contributed by atoms with Gasteiger partial charge in [0.15, 0.2) is 5.79 Å². The van der Waals surface area contributed by atoms with Crippen molar-refractivity contribution in [2.45, 2.75) is 96.5 Å². The SMILES string of the molecule is C=C(C)[C@@H]1CC[C@H]2[C@@]34COC5(OC(C)(C)O[C@H]1[C@@]25C(C)=O)[C@@H](O)[C@@H]3C(C)(C)C1OC1C4O. The average Bonchev–Trinajstić information content (AvgIpc) is 3.48. The van der Waals surface area contributed by atoms with Crippen molar-refractivity contribution >= 4 is 5.78 Å². The fourth-order valence-corrected chi connectivity index (χ4v) is 9.24. The zero-order valence-corrected chi connectivity index (χ0v) is 19.9. The van der Waals surface area contributed by atoms with Gasteiger partial charge >= 0.3 is 0 Å². The molecule has 7 aliphatic rings. The van der Waals surface area contributed by atoms with Crippen molar-refractivity contribution in [3.8, 4) is 0 Å². The van der Waals surface area contributed by atoms with Gasteiger partial charge in [-0.2, -0.15) is 0 Å². The Morgan fingerprint density at radius 2 is 1.72 bits per heavy atom. The third-order valence-electron chi connectivity index (χ3n) is 10.1. The summed E-state index contributed by atoms with van der Waals surface area (Å²) in [6.45, 7) is 15.8. The summed E-state index contributed by atoms with van der Waals surface area (Å²) in [5.74, 6) is -3.39. The Morgan fingerprint density at radius 3 is 2.34 bits per heavy atom. The molecule has 4 aliphatic heterocycles. The molecule has 0 amide bonds. The van der Waals surface area contributed by atoms with Crippen LogP contribution >= 0.6 is 0 Å². The van der Waals surface area contributed by atoms with Crippen LogP contribution in [0.1, 0.15) is 54.4 Å². The maximum Gasteiger partial charge on any atom is 0.213 e. The third kappa shape index (κ3) is 2.02. The first-order chi connectivity index (χ1) is 14.8. The number of ether oxygens (including phenoxy) is 4. The number of aliphatic hydroxyl groups is 2. The number of carbonyl (C=O) groups is 1. The van der Waals surface area contributed by atoms with Gasteiger partial charge in [-0.1, -0.05) is 26.0 Å². The molecule has 7 nitrogen and oxygen atoms in total. The number of Topliss-reactive ketones (excluding diaryl/α,β-unsaturated/α-hetero) is 1. The normalized spacial score (nSPS) is 58.2. The van der Waals surface area contributed by atoms with E-state index in [1.54, 1.807) is 6.92 Å². The lowest BCUT2D eigenvalue weighted by Gasteiger charge is -2.78. The summed E-state index contributed by atoms with van der Waals surface area (Å²) in [6.07, 6.45) is -1.40. The van der Waals surface area contributed by atoms with Crippen molar-refractivity contribution in [1.29, 1.82) is 0 Å². The highest BCUT2D eigenvalue weighted by Crippen LogP contribution is 2.78. The number of epoxide rings is 1. The Labute approximate surface area is 189 Å². The molecule has 0 radical (unpaired) electrons. The van der Waals surface area contributed by atoms with Crippen molar-refractivity contribution in [2.75, 3.05) is 6.61 Å². The summed E-state index contributed by atoms with van der Waals surface area (Å²) in [5, 5.41) is 23.8. The lowest BCUT2D eigenvalue weighted by atomic mass is 9.33. The molecule has 7 fully saturated rings. The summed E-state index contributed by atoms with van der Waals surface area (Å²) in [7, 11) is 0. The molecule has 4 heterocycles. The van der Waals surface area contributed by atoms with Crippen LogP contribution in [0.15, 0.2) is 12.2 Å². The van der Waals surface area contributed by atoms with Crippen LogP contribution in [0, 0.1) is 34.0 Å². The van der Waals surface area contributed by atoms with Gasteiger partial charge in [0.1, 0.15) is 23.4 Å². The molecule has 3 aliphatic carbocycles. The van der Waals surface area contributed by atoms with Gasteiger partial charge in [-0.05, 0) is 51.9 Å². The Morgan fingerprint density at radius 1 is 1.03 bits per heavy atom. The van der Waals surface area contributed by atoms with E-state index in [0.29, 0.717) is 6.42 Å². The number of fused-ring (bicyclic) bond motifs is 2. The molecule has 0 aromatic heterocycles. The molecule has 7 rings (SSSR count).